The number of piperidine rings is 1. The van der Waals surface area contributed by atoms with E-state index in [0.29, 0.717) is 11.2 Å². The molecule has 0 aliphatic carbocycles. The predicted octanol–water partition coefficient (Wildman–Crippen LogP) is 3.52. The number of hydrogen-bond donors (Lipinski definition) is 0. The molecule has 1 fully saturated rings. The Bertz CT molecular complexity index is 385. The molecule has 2 atom stereocenters. The van der Waals surface area contributed by atoms with E-state index in [9.17, 15) is 0 Å². The van der Waals surface area contributed by atoms with Gasteiger partial charge < -0.3 is 4.90 Å². The maximum absolute atomic E-state index is 5.98. The molecular weight excluding hydrogens is 289 g/mol. The lowest BCUT2D eigenvalue weighted by atomic mass is 9.93. The average Bonchev–Trinajstić information content (AvgIpc) is 2.23. The van der Waals surface area contributed by atoms with E-state index in [-0.39, 0.29) is 0 Å². The third kappa shape index (κ3) is 2.33. The summed E-state index contributed by atoms with van der Waals surface area (Å²) in [7, 11) is 0. The standard InChI is InChI=1S/C11H15BrClN3/c1-7-3-4-16(8(2)5-7)11-9(12)10(13)14-6-15-11/h6-8H,3-5H2,1-2H3. The van der Waals surface area contributed by atoms with Crippen molar-refractivity contribution in [3.63, 3.8) is 0 Å². The Labute approximate surface area is 109 Å². The van der Waals surface area contributed by atoms with Crippen LogP contribution in [0.15, 0.2) is 10.8 Å². The lowest BCUT2D eigenvalue weighted by Crippen LogP contribution is -2.41. The quantitative estimate of drug-likeness (QED) is 0.743. The van der Waals surface area contributed by atoms with E-state index >= 15 is 0 Å². The van der Waals surface area contributed by atoms with Crippen molar-refractivity contribution >= 4 is 33.3 Å². The summed E-state index contributed by atoms with van der Waals surface area (Å²) >= 11 is 9.44. The zero-order chi connectivity index (χ0) is 11.7. The lowest BCUT2D eigenvalue weighted by Gasteiger charge is -2.37. The number of rotatable bonds is 1. The van der Waals surface area contributed by atoms with Gasteiger partial charge in [-0.2, -0.15) is 0 Å². The molecule has 1 saturated heterocycles. The number of hydrogen-bond acceptors (Lipinski definition) is 3. The van der Waals surface area contributed by atoms with E-state index in [4.69, 9.17) is 11.6 Å². The van der Waals surface area contributed by atoms with Crippen LogP contribution in [0.25, 0.3) is 0 Å². The molecular formula is C11H15BrClN3. The van der Waals surface area contributed by atoms with E-state index < -0.39 is 0 Å². The van der Waals surface area contributed by atoms with E-state index in [0.717, 1.165) is 22.8 Å². The first kappa shape index (κ1) is 12.1. The minimum atomic E-state index is 0.482. The predicted molar refractivity (Wildman–Crippen MR) is 69.9 cm³/mol. The van der Waals surface area contributed by atoms with Crippen LogP contribution in [0.5, 0.6) is 0 Å². The van der Waals surface area contributed by atoms with Gasteiger partial charge in [0.15, 0.2) is 0 Å². The number of anilines is 1. The first-order chi connectivity index (χ1) is 7.59. The fourth-order valence-electron chi connectivity index (χ4n) is 2.26. The molecule has 3 nitrogen and oxygen atoms in total. The number of nitrogens with zero attached hydrogens (tertiary/aromatic N) is 3. The second kappa shape index (κ2) is 4.88. The Balaban J connectivity index is 2.27. The summed E-state index contributed by atoms with van der Waals surface area (Å²) in [6.07, 6.45) is 3.93. The highest BCUT2D eigenvalue weighted by Crippen LogP contribution is 2.33. The van der Waals surface area contributed by atoms with Crippen LogP contribution in [0, 0.1) is 5.92 Å². The first-order valence-corrected chi connectivity index (χ1v) is 6.69. The Morgan fingerprint density at radius 3 is 2.88 bits per heavy atom. The third-order valence-corrected chi connectivity index (χ3v) is 4.38. The maximum Gasteiger partial charge on any atom is 0.148 e. The van der Waals surface area contributed by atoms with E-state index in [2.05, 4.69) is 44.6 Å². The zero-order valence-electron chi connectivity index (χ0n) is 9.45. The Kier molecular flexibility index (Phi) is 3.70. The molecule has 1 aromatic heterocycles. The van der Waals surface area contributed by atoms with Crippen LogP contribution >= 0.6 is 27.5 Å². The van der Waals surface area contributed by atoms with Gasteiger partial charge >= 0.3 is 0 Å². The molecule has 0 spiro atoms. The molecule has 2 heterocycles. The van der Waals surface area contributed by atoms with Crippen molar-refractivity contribution in [2.24, 2.45) is 5.92 Å². The molecule has 0 bridgehead atoms. The molecule has 0 saturated carbocycles. The van der Waals surface area contributed by atoms with Crippen LogP contribution in [0.2, 0.25) is 5.15 Å². The van der Waals surface area contributed by atoms with Gasteiger partial charge in [0.1, 0.15) is 17.3 Å². The first-order valence-electron chi connectivity index (χ1n) is 5.52. The van der Waals surface area contributed by atoms with E-state index in [1.807, 2.05) is 0 Å². The molecule has 5 heteroatoms. The maximum atomic E-state index is 5.98. The third-order valence-electron chi connectivity index (χ3n) is 3.14. The highest BCUT2D eigenvalue weighted by Gasteiger charge is 2.25. The van der Waals surface area contributed by atoms with Gasteiger partial charge in [-0.3, -0.25) is 0 Å². The highest BCUT2D eigenvalue weighted by atomic mass is 79.9. The van der Waals surface area contributed by atoms with Gasteiger partial charge in [-0.1, -0.05) is 18.5 Å². The second-order valence-electron chi connectivity index (χ2n) is 4.47. The molecule has 2 rings (SSSR count). The van der Waals surface area contributed by atoms with Gasteiger partial charge in [-0.25, -0.2) is 9.97 Å². The topological polar surface area (TPSA) is 29.0 Å². The summed E-state index contributed by atoms with van der Waals surface area (Å²) in [5.41, 5.74) is 0. The smallest absolute Gasteiger partial charge is 0.148 e. The molecule has 0 N–H and O–H groups in total. The fraction of sp³-hybridized carbons (Fsp3) is 0.636. The average molecular weight is 305 g/mol. The van der Waals surface area contributed by atoms with Crippen molar-refractivity contribution in [2.45, 2.75) is 32.7 Å². The van der Waals surface area contributed by atoms with Gasteiger partial charge in [0.2, 0.25) is 0 Å². The molecule has 16 heavy (non-hydrogen) atoms. The van der Waals surface area contributed by atoms with Crippen LogP contribution in [-0.4, -0.2) is 22.6 Å². The summed E-state index contributed by atoms with van der Waals surface area (Å²) in [5.74, 6) is 1.71. The van der Waals surface area contributed by atoms with Crippen LogP contribution in [0.1, 0.15) is 26.7 Å². The van der Waals surface area contributed by atoms with Crippen molar-refractivity contribution in [2.75, 3.05) is 11.4 Å². The van der Waals surface area contributed by atoms with E-state index in [1.165, 1.54) is 19.2 Å². The summed E-state index contributed by atoms with van der Waals surface area (Å²) in [4.78, 5) is 10.6. The van der Waals surface area contributed by atoms with Crippen LogP contribution < -0.4 is 4.90 Å². The largest absolute Gasteiger partial charge is 0.353 e. The van der Waals surface area contributed by atoms with Crippen molar-refractivity contribution < 1.29 is 0 Å². The van der Waals surface area contributed by atoms with Gasteiger partial charge in [-0.15, -0.1) is 0 Å². The van der Waals surface area contributed by atoms with Crippen LogP contribution in [0.3, 0.4) is 0 Å². The van der Waals surface area contributed by atoms with Crippen LogP contribution in [-0.2, 0) is 0 Å². The summed E-state index contributed by atoms with van der Waals surface area (Å²) in [5, 5.41) is 0.482. The minimum Gasteiger partial charge on any atom is -0.353 e. The van der Waals surface area contributed by atoms with Crippen molar-refractivity contribution in [1.29, 1.82) is 0 Å². The molecule has 1 aromatic rings. The lowest BCUT2D eigenvalue weighted by molar-refractivity contribution is 0.375. The highest BCUT2D eigenvalue weighted by molar-refractivity contribution is 9.10. The molecule has 1 aliphatic heterocycles. The normalized spacial score (nSPS) is 25.9. The molecule has 0 amide bonds. The molecule has 0 aromatic carbocycles. The van der Waals surface area contributed by atoms with Crippen LogP contribution in [0.4, 0.5) is 5.82 Å². The monoisotopic (exact) mass is 303 g/mol. The molecule has 88 valence electrons. The van der Waals surface area contributed by atoms with Crippen molar-refractivity contribution in [3.05, 3.63) is 16.0 Å². The molecule has 1 aliphatic rings. The van der Waals surface area contributed by atoms with Gasteiger partial charge in [0, 0.05) is 12.6 Å². The summed E-state index contributed by atoms with van der Waals surface area (Å²) in [6, 6.07) is 0.506. The Morgan fingerprint density at radius 2 is 2.19 bits per heavy atom. The van der Waals surface area contributed by atoms with Gasteiger partial charge in [0.25, 0.3) is 0 Å². The summed E-state index contributed by atoms with van der Waals surface area (Å²) < 4.78 is 0.804. The number of halogens is 2. The van der Waals surface area contributed by atoms with Crippen molar-refractivity contribution in [3.8, 4) is 0 Å². The Morgan fingerprint density at radius 1 is 1.44 bits per heavy atom. The van der Waals surface area contributed by atoms with Crippen molar-refractivity contribution in [1.82, 2.24) is 9.97 Å². The fourth-order valence-corrected chi connectivity index (χ4v) is 2.82. The van der Waals surface area contributed by atoms with Gasteiger partial charge in [-0.05, 0) is 41.6 Å². The summed E-state index contributed by atoms with van der Waals surface area (Å²) in [6.45, 7) is 5.57. The zero-order valence-corrected chi connectivity index (χ0v) is 11.8. The number of aromatic nitrogens is 2. The van der Waals surface area contributed by atoms with Gasteiger partial charge in [0.05, 0.1) is 4.47 Å². The Hall–Kier alpha value is -0.350. The second-order valence-corrected chi connectivity index (χ2v) is 5.63. The minimum absolute atomic E-state index is 0.482. The SMILES string of the molecule is CC1CCN(c2ncnc(Cl)c2Br)C(C)C1. The molecule has 2 unspecified atom stereocenters. The molecule has 0 radical (unpaired) electrons. The van der Waals surface area contributed by atoms with E-state index in [1.54, 1.807) is 0 Å².